The average Bonchev–Trinajstić information content (AvgIpc) is 3.25. The number of amides is 1. The third-order valence-corrected chi connectivity index (χ3v) is 5.60. The summed E-state index contributed by atoms with van der Waals surface area (Å²) in [6.45, 7) is 5.78. The van der Waals surface area contributed by atoms with Crippen LogP contribution in [0, 0.1) is 5.92 Å². The number of nitrogens with zero attached hydrogens (tertiary/aromatic N) is 2. The zero-order valence-electron chi connectivity index (χ0n) is 14.6. The molecule has 134 valence electrons. The van der Waals surface area contributed by atoms with Crippen molar-refractivity contribution in [1.29, 1.82) is 0 Å². The molecule has 1 amide bonds. The summed E-state index contributed by atoms with van der Waals surface area (Å²) in [7, 11) is 0. The van der Waals surface area contributed by atoms with Gasteiger partial charge in [0.05, 0.1) is 31.1 Å². The quantitative estimate of drug-likeness (QED) is 0.894. The van der Waals surface area contributed by atoms with E-state index in [-0.39, 0.29) is 24.0 Å². The van der Waals surface area contributed by atoms with Gasteiger partial charge in [0, 0.05) is 24.4 Å². The second kappa shape index (κ2) is 7.66. The number of ether oxygens (including phenoxy) is 1. The van der Waals surface area contributed by atoms with Crippen LogP contribution in [0.5, 0.6) is 0 Å². The van der Waals surface area contributed by atoms with Gasteiger partial charge in [-0.2, -0.15) is 0 Å². The van der Waals surface area contributed by atoms with Gasteiger partial charge in [-0.15, -0.1) is 0 Å². The van der Waals surface area contributed by atoms with Crippen LogP contribution in [0.3, 0.4) is 0 Å². The Morgan fingerprint density at radius 1 is 1.42 bits per heavy atom. The highest BCUT2D eigenvalue weighted by molar-refractivity contribution is 5.91. The summed E-state index contributed by atoms with van der Waals surface area (Å²) in [6, 6.07) is 1.71. The highest BCUT2D eigenvalue weighted by Crippen LogP contribution is 2.33. The van der Waals surface area contributed by atoms with E-state index >= 15 is 0 Å². The number of aromatic nitrogens is 1. The number of aliphatic hydroxyl groups excluding tert-OH is 1. The minimum atomic E-state index is -0.346. The first-order valence-corrected chi connectivity index (χ1v) is 9.19. The number of aliphatic hydroxyl groups is 1. The highest BCUT2D eigenvalue weighted by atomic mass is 16.5. The van der Waals surface area contributed by atoms with Gasteiger partial charge in [-0.25, -0.2) is 0 Å². The van der Waals surface area contributed by atoms with Crippen LogP contribution >= 0.6 is 0 Å². The average molecular weight is 336 g/mol. The smallest absolute Gasteiger partial charge is 0.292 e. The van der Waals surface area contributed by atoms with Gasteiger partial charge in [0.25, 0.3) is 5.91 Å². The van der Waals surface area contributed by atoms with Crippen LogP contribution in [0.1, 0.15) is 68.1 Å². The molecule has 0 radical (unpaired) electrons. The fraction of sp³-hybridized carbons (Fsp3) is 0.778. The maximum atomic E-state index is 12.9. The summed E-state index contributed by atoms with van der Waals surface area (Å²) in [5.74, 6) is 0.589. The Hall–Kier alpha value is -1.40. The molecule has 0 unspecified atom stereocenters. The number of rotatable bonds is 5. The molecule has 2 aliphatic rings. The lowest BCUT2D eigenvalue weighted by molar-refractivity contribution is -0.0396. The molecule has 1 saturated heterocycles. The van der Waals surface area contributed by atoms with Crippen molar-refractivity contribution < 1.29 is 19.2 Å². The zero-order chi connectivity index (χ0) is 17.1. The third kappa shape index (κ3) is 3.35. The first-order valence-electron chi connectivity index (χ1n) is 9.19. The topological polar surface area (TPSA) is 75.8 Å². The van der Waals surface area contributed by atoms with E-state index < -0.39 is 0 Å². The van der Waals surface area contributed by atoms with Crippen LogP contribution in [0.25, 0.3) is 0 Å². The summed E-state index contributed by atoms with van der Waals surface area (Å²) in [4.78, 5) is 14.8. The number of carbonyl (C=O) groups excluding carboxylic acids is 1. The number of carbonyl (C=O) groups is 1. The molecular formula is C18H28N2O4. The Kier molecular flexibility index (Phi) is 5.56. The minimum Gasteiger partial charge on any atom is -0.393 e. The Morgan fingerprint density at radius 3 is 2.88 bits per heavy atom. The monoisotopic (exact) mass is 336 g/mol. The molecule has 1 aliphatic carbocycles. The van der Waals surface area contributed by atoms with Crippen LogP contribution in [0.2, 0.25) is 0 Å². The number of hydrogen-bond acceptors (Lipinski definition) is 5. The van der Waals surface area contributed by atoms with Gasteiger partial charge < -0.3 is 19.3 Å². The highest BCUT2D eigenvalue weighted by Gasteiger charge is 2.40. The van der Waals surface area contributed by atoms with Crippen molar-refractivity contribution in [3.63, 3.8) is 0 Å². The fourth-order valence-electron chi connectivity index (χ4n) is 4.08. The van der Waals surface area contributed by atoms with Gasteiger partial charge in [0.15, 0.2) is 0 Å². The molecule has 2 heterocycles. The zero-order valence-corrected chi connectivity index (χ0v) is 14.6. The van der Waals surface area contributed by atoms with E-state index in [1.807, 2.05) is 4.90 Å². The molecule has 3 rings (SSSR count). The Morgan fingerprint density at radius 2 is 2.21 bits per heavy atom. The lowest BCUT2D eigenvalue weighted by Crippen LogP contribution is -2.53. The molecule has 6 heteroatoms. The predicted molar refractivity (Wildman–Crippen MR) is 88.8 cm³/mol. The van der Waals surface area contributed by atoms with Crippen molar-refractivity contribution in [2.75, 3.05) is 19.8 Å². The molecule has 0 spiro atoms. The summed E-state index contributed by atoms with van der Waals surface area (Å²) in [5, 5.41) is 14.3. The second-order valence-electron chi connectivity index (χ2n) is 6.93. The first-order chi connectivity index (χ1) is 11.7. The van der Waals surface area contributed by atoms with Crippen LogP contribution in [-0.2, 0) is 4.74 Å². The summed E-state index contributed by atoms with van der Waals surface area (Å²) < 4.78 is 10.9. The van der Waals surface area contributed by atoms with E-state index in [4.69, 9.17) is 9.26 Å². The Labute approximate surface area is 143 Å². The van der Waals surface area contributed by atoms with Gasteiger partial charge in [0.1, 0.15) is 0 Å². The summed E-state index contributed by atoms with van der Waals surface area (Å²) >= 11 is 0. The van der Waals surface area contributed by atoms with Gasteiger partial charge in [-0.3, -0.25) is 4.79 Å². The van der Waals surface area contributed by atoms with E-state index in [0.29, 0.717) is 31.4 Å². The molecule has 1 aromatic rings. The van der Waals surface area contributed by atoms with Crippen molar-refractivity contribution in [3.05, 3.63) is 17.5 Å². The fourth-order valence-corrected chi connectivity index (χ4v) is 4.08. The SMILES string of the molecule is CCC(CC)c1cc(C(=O)N2CCOC[C@@H]2[C@H]2CCC[C@@H]2O)on1. The largest absolute Gasteiger partial charge is 0.393 e. The van der Waals surface area contributed by atoms with Gasteiger partial charge in [-0.1, -0.05) is 25.4 Å². The van der Waals surface area contributed by atoms with E-state index in [9.17, 15) is 9.90 Å². The predicted octanol–water partition coefficient (Wildman–Crippen LogP) is 2.58. The van der Waals surface area contributed by atoms with Crippen LogP contribution in [0.4, 0.5) is 0 Å². The molecule has 24 heavy (non-hydrogen) atoms. The number of morpholine rings is 1. The Bertz CT molecular complexity index is 555. The molecule has 6 nitrogen and oxygen atoms in total. The molecular weight excluding hydrogens is 308 g/mol. The molecule has 1 saturated carbocycles. The maximum Gasteiger partial charge on any atom is 0.292 e. The molecule has 3 atom stereocenters. The normalized spacial score (nSPS) is 27.8. The van der Waals surface area contributed by atoms with Crippen LogP contribution in [0.15, 0.2) is 10.6 Å². The molecule has 0 aromatic carbocycles. The summed E-state index contributed by atoms with van der Waals surface area (Å²) in [5.41, 5.74) is 0.856. The Balaban J connectivity index is 1.77. The van der Waals surface area contributed by atoms with Gasteiger partial charge >= 0.3 is 0 Å². The van der Waals surface area contributed by atoms with Gasteiger partial charge in [0.2, 0.25) is 5.76 Å². The van der Waals surface area contributed by atoms with Crippen LogP contribution in [-0.4, -0.2) is 53.0 Å². The molecule has 1 aliphatic heterocycles. The van der Waals surface area contributed by atoms with E-state index in [2.05, 4.69) is 19.0 Å². The van der Waals surface area contributed by atoms with E-state index in [0.717, 1.165) is 37.8 Å². The molecule has 2 fully saturated rings. The standard InChI is InChI=1S/C18H28N2O4/c1-3-12(4-2)14-10-17(24-19-14)18(22)20-8-9-23-11-15(20)13-6-5-7-16(13)21/h10,12-13,15-16,21H,3-9,11H2,1-2H3/t13-,15-,16+/m1/s1. The van der Waals surface area contributed by atoms with Gasteiger partial charge in [-0.05, 0) is 25.7 Å². The van der Waals surface area contributed by atoms with Crippen molar-refractivity contribution in [2.45, 2.75) is 64.0 Å². The molecule has 1 N–H and O–H groups in total. The summed E-state index contributed by atoms with van der Waals surface area (Å²) in [6.07, 6.45) is 4.36. The lowest BCUT2D eigenvalue weighted by Gasteiger charge is -2.39. The van der Waals surface area contributed by atoms with E-state index in [1.54, 1.807) is 6.07 Å². The first kappa shape index (κ1) is 17.4. The molecule has 1 aromatic heterocycles. The third-order valence-electron chi connectivity index (χ3n) is 5.60. The van der Waals surface area contributed by atoms with Crippen molar-refractivity contribution in [3.8, 4) is 0 Å². The van der Waals surface area contributed by atoms with Crippen molar-refractivity contribution in [2.24, 2.45) is 5.92 Å². The minimum absolute atomic E-state index is 0.0783. The maximum absolute atomic E-state index is 12.9. The number of hydrogen-bond donors (Lipinski definition) is 1. The van der Waals surface area contributed by atoms with E-state index in [1.165, 1.54) is 0 Å². The van der Waals surface area contributed by atoms with Crippen molar-refractivity contribution in [1.82, 2.24) is 10.1 Å². The molecule has 0 bridgehead atoms. The lowest BCUT2D eigenvalue weighted by atomic mass is 9.94. The second-order valence-corrected chi connectivity index (χ2v) is 6.93. The van der Waals surface area contributed by atoms with Crippen LogP contribution < -0.4 is 0 Å². The van der Waals surface area contributed by atoms with Crippen molar-refractivity contribution >= 4 is 5.91 Å².